The van der Waals surface area contributed by atoms with E-state index in [4.69, 9.17) is 9.84 Å². The highest BCUT2D eigenvalue weighted by Gasteiger charge is 2.06. The maximum Gasteiger partial charge on any atom is 0.341 e. The van der Waals surface area contributed by atoms with E-state index in [0.717, 1.165) is 16.3 Å². The highest BCUT2D eigenvalue weighted by molar-refractivity contribution is 7.15. The third kappa shape index (κ3) is 2.87. The molecule has 0 amide bonds. The van der Waals surface area contributed by atoms with Gasteiger partial charge in [-0.3, -0.25) is 0 Å². The molecule has 0 atom stereocenters. The lowest BCUT2D eigenvalue weighted by Crippen LogP contribution is -2.09. The molecule has 1 aromatic carbocycles. The topological polar surface area (TPSA) is 59.4 Å². The normalized spacial score (nSPS) is 10.3. The summed E-state index contributed by atoms with van der Waals surface area (Å²) in [5.74, 6) is -0.434. The minimum absolute atomic E-state index is 0.325. The zero-order valence-corrected chi connectivity index (χ0v) is 11.0. The monoisotopic (exact) mass is 263 g/mol. The number of carbonyl (C=O) groups is 1. The Labute approximate surface area is 109 Å². The summed E-state index contributed by atoms with van der Waals surface area (Å²) < 4.78 is 5.07. The van der Waals surface area contributed by atoms with Crippen molar-refractivity contribution in [2.45, 2.75) is 13.8 Å². The predicted molar refractivity (Wildman–Crippen MR) is 70.2 cm³/mol. The lowest BCUT2D eigenvalue weighted by Gasteiger charge is -2.03. The number of aryl methyl sites for hydroxylation is 2. The number of nitrogens with zero attached hydrogens (tertiary/aromatic N) is 1. The second kappa shape index (κ2) is 5.18. The molecule has 2 rings (SSSR count). The Kier molecular flexibility index (Phi) is 3.62. The Morgan fingerprint density at radius 1 is 1.33 bits per heavy atom. The second-order valence-electron chi connectivity index (χ2n) is 3.87. The van der Waals surface area contributed by atoms with Crippen molar-refractivity contribution in [2.24, 2.45) is 0 Å². The van der Waals surface area contributed by atoms with E-state index in [1.807, 2.05) is 26.0 Å². The minimum Gasteiger partial charge on any atom is -0.482 e. The molecule has 1 N–H and O–H groups in total. The van der Waals surface area contributed by atoms with Crippen molar-refractivity contribution in [2.75, 3.05) is 6.61 Å². The molecule has 0 spiro atoms. The van der Waals surface area contributed by atoms with E-state index < -0.39 is 5.97 Å². The molecule has 18 heavy (non-hydrogen) atoms. The summed E-state index contributed by atoms with van der Waals surface area (Å²) in [7, 11) is 0. The fourth-order valence-corrected chi connectivity index (χ4v) is 2.35. The van der Waals surface area contributed by atoms with Crippen molar-refractivity contribution in [1.82, 2.24) is 4.98 Å². The van der Waals surface area contributed by atoms with Crippen LogP contribution in [-0.4, -0.2) is 22.7 Å². The van der Waals surface area contributed by atoms with Gasteiger partial charge < -0.3 is 9.84 Å². The molecule has 0 radical (unpaired) electrons. The van der Waals surface area contributed by atoms with Gasteiger partial charge in [-0.25, -0.2) is 9.78 Å². The number of hydrogen-bond acceptors (Lipinski definition) is 4. The van der Waals surface area contributed by atoms with Crippen molar-refractivity contribution in [3.63, 3.8) is 0 Å². The highest BCUT2D eigenvalue weighted by atomic mass is 32.1. The number of rotatable bonds is 4. The molecule has 0 bridgehead atoms. The summed E-state index contributed by atoms with van der Waals surface area (Å²) >= 11 is 1.65. The predicted octanol–water partition coefficient (Wildman–Crippen LogP) is 2.89. The maximum atomic E-state index is 10.4. The van der Waals surface area contributed by atoms with Crippen LogP contribution in [0.15, 0.2) is 24.3 Å². The van der Waals surface area contributed by atoms with Crippen LogP contribution in [0.25, 0.3) is 10.6 Å². The quantitative estimate of drug-likeness (QED) is 0.921. The van der Waals surface area contributed by atoms with Gasteiger partial charge in [0.2, 0.25) is 0 Å². The molecule has 0 aliphatic heterocycles. The van der Waals surface area contributed by atoms with E-state index in [1.54, 1.807) is 23.5 Å². The summed E-state index contributed by atoms with van der Waals surface area (Å²) in [5, 5.41) is 9.47. The van der Waals surface area contributed by atoms with Gasteiger partial charge in [0.15, 0.2) is 6.61 Å². The van der Waals surface area contributed by atoms with Gasteiger partial charge in [-0.2, -0.15) is 0 Å². The van der Waals surface area contributed by atoms with Crippen LogP contribution in [0.4, 0.5) is 0 Å². The van der Waals surface area contributed by atoms with Gasteiger partial charge in [0.1, 0.15) is 10.8 Å². The molecule has 5 heteroatoms. The van der Waals surface area contributed by atoms with Crippen LogP contribution in [0, 0.1) is 13.8 Å². The summed E-state index contributed by atoms with van der Waals surface area (Å²) in [6.45, 7) is 3.70. The molecule has 0 aliphatic carbocycles. The van der Waals surface area contributed by atoms with E-state index in [2.05, 4.69) is 4.98 Å². The van der Waals surface area contributed by atoms with Crippen LogP contribution in [0.3, 0.4) is 0 Å². The van der Waals surface area contributed by atoms with Crippen LogP contribution < -0.4 is 4.74 Å². The minimum atomic E-state index is -0.981. The summed E-state index contributed by atoms with van der Waals surface area (Å²) in [4.78, 5) is 16.0. The van der Waals surface area contributed by atoms with Crippen LogP contribution in [0.5, 0.6) is 5.75 Å². The van der Waals surface area contributed by atoms with Gasteiger partial charge in [0, 0.05) is 10.4 Å². The summed E-state index contributed by atoms with van der Waals surface area (Å²) in [6, 6.07) is 7.28. The van der Waals surface area contributed by atoms with Crippen LogP contribution in [-0.2, 0) is 4.79 Å². The molecule has 1 heterocycles. The van der Waals surface area contributed by atoms with E-state index in [0.29, 0.717) is 5.75 Å². The number of hydrogen-bond donors (Lipinski definition) is 1. The molecule has 4 nitrogen and oxygen atoms in total. The fourth-order valence-electron chi connectivity index (χ4n) is 1.44. The van der Waals surface area contributed by atoms with Crippen molar-refractivity contribution in [3.8, 4) is 16.3 Å². The fraction of sp³-hybridized carbons (Fsp3) is 0.231. The number of ether oxygens (including phenoxy) is 1. The van der Waals surface area contributed by atoms with Crippen molar-refractivity contribution >= 4 is 17.3 Å². The lowest BCUT2D eigenvalue weighted by molar-refractivity contribution is -0.139. The molecule has 0 saturated carbocycles. The van der Waals surface area contributed by atoms with Crippen LogP contribution in [0.2, 0.25) is 0 Å². The van der Waals surface area contributed by atoms with Gasteiger partial charge in [-0.05, 0) is 38.1 Å². The number of aromatic nitrogens is 1. The number of carboxylic acids is 1. The molecule has 94 valence electrons. The number of thiazole rings is 1. The average molecular weight is 263 g/mol. The van der Waals surface area contributed by atoms with Crippen LogP contribution in [0.1, 0.15) is 10.6 Å². The maximum absolute atomic E-state index is 10.4. The smallest absolute Gasteiger partial charge is 0.341 e. The lowest BCUT2D eigenvalue weighted by atomic mass is 10.2. The summed E-state index contributed by atoms with van der Waals surface area (Å²) in [5.41, 5.74) is 2.06. The van der Waals surface area contributed by atoms with E-state index in [9.17, 15) is 4.79 Å². The zero-order chi connectivity index (χ0) is 13.1. The van der Waals surface area contributed by atoms with Crippen molar-refractivity contribution < 1.29 is 14.6 Å². The van der Waals surface area contributed by atoms with Gasteiger partial charge >= 0.3 is 5.97 Å². The molecule has 0 saturated heterocycles. The first-order chi connectivity index (χ1) is 8.56. The third-order valence-electron chi connectivity index (χ3n) is 2.49. The number of aliphatic carboxylic acids is 1. The molecule has 2 aromatic rings. The Bertz CT molecular complexity index is 541. The first kappa shape index (κ1) is 12.6. The summed E-state index contributed by atoms with van der Waals surface area (Å²) in [6.07, 6.45) is 0. The average Bonchev–Trinajstić information content (AvgIpc) is 2.68. The van der Waals surface area contributed by atoms with Crippen molar-refractivity contribution in [3.05, 3.63) is 34.8 Å². The van der Waals surface area contributed by atoms with E-state index >= 15 is 0 Å². The SMILES string of the molecule is Cc1nc(-c2ccc(OCC(=O)O)cc2)sc1C. The standard InChI is InChI=1S/C13H13NO3S/c1-8-9(2)18-13(14-8)10-3-5-11(6-4-10)17-7-12(15)16/h3-6H,7H2,1-2H3,(H,15,16). The molecule has 1 aromatic heterocycles. The molecular weight excluding hydrogens is 250 g/mol. The van der Waals surface area contributed by atoms with Gasteiger partial charge in [-0.1, -0.05) is 0 Å². The third-order valence-corrected chi connectivity index (χ3v) is 3.61. The Morgan fingerprint density at radius 2 is 2.00 bits per heavy atom. The van der Waals surface area contributed by atoms with Crippen molar-refractivity contribution in [1.29, 1.82) is 0 Å². The molecule has 0 aliphatic rings. The number of carboxylic acid groups (broad SMARTS) is 1. The second-order valence-corrected chi connectivity index (χ2v) is 5.07. The van der Waals surface area contributed by atoms with E-state index in [1.165, 1.54) is 4.88 Å². The first-order valence-corrected chi connectivity index (χ1v) is 6.27. The zero-order valence-electron chi connectivity index (χ0n) is 10.1. The van der Waals surface area contributed by atoms with Gasteiger partial charge in [0.25, 0.3) is 0 Å². The van der Waals surface area contributed by atoms with Gasteiger partial charge in [0.05, 0.1) is 5.69 Å². The molecule has 0 fully saturated rings. The Hall–Kier alpha value is -1.88. The largest absolute Gasteiger partial charge is 0.482 e. The number of benzene rings is 1. The molecular formula is C13H13NO3S. The Balaban J connectivity index is 2.14. The first-order valence-electron chi connectivity index (χ1n) is 5.45. The van der Waals surface area contributed by atoms with Gasteiger partial charge in [-0.15, -0.1) is 11.3 Å². The van der Waals surface area contributed by atoms with Crippen LogP contribution >= 0.6 is 11.3 Å². The molecule has 0 unspecified atom stereocenters. The Morgan fingerprint density at radius 3 is 2.50 bits per heavy atom. The van der Waals surface area contributed by atoms with E-state index in [-0.39, 0.29) is 6.61 Å². The highest BCUT2D eigenvalue weighted by Crippen LogP contribution is 2.28.